The molecule has 1 rings (SSSR count). The van der Waals surface area contributed by atoms with Crippen molar-refractivity contribution in [3.63, 3.8) is 0 Å². The monoisotopic (exact) mass is 131 g/mol. The minimum Gasteiger partial charge on any atom is -0.317 e. The van der Waals surface area contributed by atoms with Crippen LogP contribution < -0.4 is 5.32 Å². The van der Waals surface area contributed by atoms with Crippen molar-refractivity contribution < 1.29 is 0 Å². The van der Waals surface area contributed by atoms with E-state index in [9.17, 15) is 0 Å². The first-order valence-electron chi connectivity index (χ1n) is 3.62. The van der Waals surface area contributed by atoms with Gasteiger partial charge < -0.3 is 5.32 Å². The highest BCUT2D eigenvalue weighted by Crippen LogP contribution is 1.80. The Kier molecular flexibility index (Phi) is 7.34. The van der Waals surface area contributed by atoms with Gasteiger partial charge in [-0.3, -0.25) is 0 Å². The molecule has 0 amide bonds. The van der Waals surface area contributed by atoms with Crippen LogP contribution in [0.1, 0.15) is 19.8 Å². The molecular formula is C6H17NSi. The van der Waals surface area contributed by atoms with Crippen molar-refractivity contribution in [2.45, 2.75) is 25.8 Å². The second kappa shape index (κ2) is 7.18. The average Bonchev–Trinajstić information content (AvgIpc) is 1.61. The van der Waals surface area contributed by atoms with Crippen LogP contribution in [0.4, 0.5) is 0 Å². The van der Waals surface area contributed by atoms with Crippen molar-refractivity contribution in [3.8, 4) is 0 Å². The van der Waals surface area contributed by atoms with E-state index in [-0.39, 0.29) is 0 Å². The van der Waals surface area contributed by atoms with Crippen molar-refractivity contribution in [2.24, 2.45) is 0 Å². The molecule has 0 aliphatic carbocycles. The molecule has 1 fully saturated rings. The van der Waals surface area contributed by atoms with Crippen molar-refractivity contribution in [2.75, 3.05) is 13.1 Å². The lowest BCUT2D eigenvalue weighted by Gasteiger charge is -2.09. The Labute approximate surface area is 55.3 Å². The molecule has 1 nitrogen and oxygen atoms in total. The van der Waals surface area contributed by atoms with E-state index in [0.717, 1.165) is 0 Å². The molecule has 1 aliphatic rings. The van der Waals surface area contributed by atoms with Gasteiger partial charge >= 0.3 is 0 Å². The molecule has 8 heavy (non-hydrogen) atoms. The summed E-state index contributed by atoms with van der Waals surface area (Å²) in [6.07, 6.45) is 2.77. The molecule has 1 heterocycles. The Morgan fingerprint density at radius 2 is 1.75 bits per heavy atom. The predicted octanol–water partition coefficient (Wildman–Crippen LogP) is 0.160. The Morgan fingerprint density at radius 1 is 1.50 bits per heavy atom. The van der Waals surface area contributed by atoms with Gasteiger partial charge in [0.1, 0.15) is 0 Å². The van der Waals surface area contributed by atoms with Crippen LogP contribution in [0.25, 0.3) is 0 Å². The summed E-state index contributed by atoms with van der Waals surface area (Å²) in [6.45, 7) is 4.72. The SMILES string of the molecule is C1CNC1.CCC[SiH3]. The lowest BCUT2D eigenvalue weighted by molar-refractivity contribution is 0.527. The van der Waals surface area contributed by atoms with Gasteiger partial charge in [0.2, 0.25) is 0 Å². The first-order chi connectivity index (χ1) is 3.91. The van der Waals surface area contributed by atoms with E-state index in [1.54, 1.807) is 0 Å². The summed E-state index contributed by atoms with van der Waals surface area (Å²) in [4.78, 5) is 0. The first kappa shape index (κ1) is 8.18. The zero-order valence-electron chi connectivity index (χ0n) is 6.04. The largest absolute Gasteiger partial charge is 0.317 e. The number of hydrogen-bond donors (Lipinski definition) is 1. The van der Waals surface area contributed by atoms with Crippen LogP contribution in [0.15, 0.2) is 0 Å². The van der Waals surface area contributed by atoms with E-state index >= 15 is 0 Å². The Hall–Kier alpha value is 0.177. The fourth-order valence-electron chi connectivity index (χ4n) is 0.177. The molecular weight excluding hydrogens is 114 g/mol. The maximum absolute atomic E-state index is 3.11. The van der Waals surface area contributed by atoms with Gasteiger partial charge in [-0.25, -0.2) is 0 Å². The zero-order chi connectivity index (χ0) is 6.24. The standard InChI is InChI=1S/C3H7N.C3H10Si/c1-2-4-3-1;1-2-3-4/h4H,1-3H2;2-3H2,1,4H3. The minimum absolute atomic E-state index is 1.25. The molecule has 0 radical (unpaired) electrons. The first-order valence-corrected chi connectivity index (χ1v) is 5.04. The van der Waals surface area contributed by atoms with Crippen LogP contribution in [0.5, 0.6) is 0 Å². The van der Waals surface area contributed by atoms with Crippen molar-refractivity contribution in [3.05, 3.63) is 0 Å². The van der Waals surface area contributed by atoms with Gasteiger partial charge in [-0.2, -0.15) is 0 Å². The fraction of sp³-hybridized carbons (Fsp3) is 1.00. The van der Waals surface area contributed by atoms with E-state index in [2.05, 4.69) is 12.2 Å². The van der Waals surface area contributed by atoms with Crippen LogP contribution in [-0.2, 0) is 0 Å². The van der Waals surface area contributed by atoms with Gasteiger partial charge in [0.15, 0.2) is 0 Å². The van der Waals surface area contributed by atoms with Crippen LogP contribution >= 0.6 is 0 Å². The fourth-order valence-corrected chi connectivity index (χ4v) is 0.177. The number of rotatable bonds is 1. The highest BCUT2D eigenvalue weighted by Gasteiger charge is 1.92. The molecule has 0 aromatic carbocycles. The minimum atomic E-state index is 1.25. The summed E-state index contributed by atoms with van der Waals surface area (Å²) in [5.41, 5.74) is 0. The molecule has 0 unspecified atom stereocenters. The third kappa shape index (κ3) is 6.18. The normalized spacial score (nSPS) is 16.1. The molecule has 0 bridgehead atoms. The van der Waals surface area contributed by atoms with Crippen LogP contribution in [0, 0.1) is 0 Å². The molecule has 1 aliphatic heterocycles. The summed E-state index contributed by atoms with van der Waals surface area (Å²) in [5, 5.41) is 3.11. The van der Waals surface area contributed by atoms with Crippen LogP contribution in [0.3, 0.4) is 0 Å². The molecule has 50 valence electrons. The molecule has 0 atom stereocenters. The van der Waals surface area contributed by atoms with Crippen molar-refractivity contribution in [1.29, 1.82) is 0 Å². The highest BCUT2D eigenvalue weighted by molar-refractivity contribution is 6.08. The molecule has 1 saturated heterocycles. The second-order valence-corrected chi connectivity index (χ2v) is 3.10. The van der Waals surface area contributed by atoms with E-state index in [1.807, 2.05) is 0 Å². The third-order valence-electron chi connectivity index (χ3n) is 1.21. The van der Waals surface area contributed by atoms with E-state index in [0.29, 0.717) is 0 Å². The zero-order valence-corrected chi connectivity index (χ0v) is 8.04. The molecule has 0 aromatic heterocycles. The summed E-state index contributed by atoms with van der Waals surface area (Å²) in [6, 6.07) is 1.46. The van der Waals surface area contributed by atoms with E-state index in [4.69, 9.17) is 0 Å². The number of hydrogen-bond acceptors (Lipinski definition) is 1. The maximum Gasteiger partial charge on any atom is 0.00278 e. The summed E-state index contributed by atoms with van der Waals surface area (Å²) >= 11 is 0. The van der Waals surface area contributed by atoms with E-state index in [1.165, 1.54) is 42.2 Å². The topological polar surface area (TPSA) is 12.0 Å². The van der Waals surface area contributed by atoms with Gasteiger partial charge in [0.25, 0.3) is 0 Å². The summed E-state index contributed by atoms with van der Waals surface area (Å²) < 4.78 is 0. The van der Waals surface area contributed by atoms with Crippen LogP contribution in [-0.4, -0.2) is 23.3 Å². The van der Waals surface area contributed by atoms with Gasteiger partial charge in [-0.1, -0.05) is 19.4 Å². The van der Waals surface area contributed by atoms with E-state index < -0.39 is 0 Å². The predicted molar refractivity (Wildman–Crippen MR) is 42.5 cm³/mol. The van der Waals surface area contributed by atoms with Gasteiger partial charge in [0, 0.05) is 10.2 Å². The molecule has 1 N–H and O–H groups in total. The molecule has 0 spiro atoms. The highest BCUT2D eigenvalue weighted by atomic mass is 28.1. The van der Waals surface area contributed by atoms with Crippen molar-refractivity contribution >= 4 is 10.2 Å². The Balaban J connectivity index is 0.000000122. The van der Waals surface area contributed by atoms with Crippen molar-refractivity contribution in [1.82, 2.24) is 5.32 Å². The third-order valence-corrected chi connectivity index (χ3v) is 2.21. The molecule has 0 aromatic rings. The Bertz CT molecular complexity index is 29.5. The van der Waals surface area contributed by atoms with Gasteiger partial charge in [0.05, 0.1) is 0 Å². The summed E-state index contributed by atoms with van der Waals surface area (Å²) in [7, 11) is 1.39. The number of nitrogens with one attached hydrogen (secondary N) is 1. The van der Waals surface area contributed by atoms with Crippen LogP contribution in [0.2, 0.25) is 6.04 Å². The maximum atomic E-state index is 3.11. The van der Waals surface area contributed by atoms with Gasteiger partial charge in [-0.15, -0.1) is 0 Å². The quantitative estimate of drug-likeness (QED) is 0.500. The lowest BCUT2D eigenvalue weighted by Crippen LogP contribution is -2.29. The average molecular weight is 131 g/mol. The summed E-state index contributed by atoms with van der Waals surface area (Å²) in [5.74, 6) is 0. The molecule has 0 saturated carbocycles. The second-order valence-electron chi connectivity index (χ2n) is 2.10. The Morgan fingerprint density at radius 3 is 1.75 bits per heavy atom. The lowest BCUT2D eigenvalue weighted by atomic mass is 10.3. The molecule has 2 heteroatoms. The van der Waals surface area contributed by atoms with Gasteiger partial charge in [-0.05, 0) is 19.5 Å². The smallest absolute Gasteiger partial charge is 0.00278 e.